The van der Waals surface area contributed by atoms with Gasteiger partial charge in [0.2, 0.25) is 5.91 Å². The number of rotatable bonds is 9. The molecule has 1 amide bonds. The largest absolute Gasteiger partial charge is 0.493 e. The fourth-order valence-corrected chi connectivity index (χ4v) is 2.98. The third-order valence-electron chi connectivity index (χ3n) is 4.59. The van der Waals surface area contributed by atoms with Gasteiger partial charge in [-0.15, -0.1) is 6.58 Å². The summed E-state index contributed by atoms with van der Waals surface area (Å²) in [6.07, 6.45) is 6.51. The summed E-state index contributed by atoms with van der Waals surface area (Å²) in [5.41, 5.74) is 0.949. The number of benzene rings is 1. The monoisotopic (exact) mass is 388 g/mol. The molecular formula is C21H32N4O3. The average Bonchev–Trinajstić information content (AvgIpc) is 3.21. The molecule has 0 unspecified atom stereocenters. The molecule has 0 aromatic heterocycles. The molecule has 0 aliphatic heterocycles. The van der Waals surface area contributed by atoms with E-state index in [2.05, 4.69) is 22.2 Å². The third-order valence-corrected chi connectivity index (χ3v) is 4.59. The summed E-state index contributed by atoms with van der Waals surface area (Å²) in [4.78, 5) is 18.0. The van der Waals surface area contributed by atoms with Crippen LogP contribution >= 0.6 is 0 Å². The van der Waals surface area contributed by atoms with E-state index in [1.807, 2.05) is 18.2 Å². The zero-order chi connectivity index (χ0) is 20.4. The van der Waals surface area contributed by atoms with E-state index in [-0.39, 0.29) is 18.6 Å². The second-order valence-corrected chi connectivity index (χ2v) is 6.95. The Hall–Kier alpha value is -2.70. The van der Waals surface area contributed by atoms with Gasteiger partial charge in [-0.05, 0) is 31.7 Å². The van der Waals surface area contributed by atoms with Crippen molar-refractivity contribution in [1.29, 1.82) is 0 Å². The Morgan fingerprint density at radius 2 is 2.07 bits per heavy atom. The minimum Gasteiger partial charge on any atom is -0.493 e. The molecule has 2 N–H and O–H groups in total. The first kappa shape index (κ1) is 21.6. The molecule has 0 spiro atoms. The Morgan fingerprint density at radius 3 is 2.71 bits per heavy atom. The molecule has 7 nitrogen and oxygen atoms in total. The van der Waals surface area contributed by atoms with Crippen LogP contribution in [0.1, 0.15) is 31.2 Å². The lowest BCUT2D eigenvalue weighted by atomic mass is 10.1. The van der Waals surface area contributed by atoms with E-state index >= 15 is 0 Å². The Labute approximate surface area is 167 Å². The maximum Gasteiger partial charge on any atom is 0.241 e. The van der Waals surface area contributed by atoms with E-state index in [9.17, 15) is 4.79 Å². The molecule has 7 heteroatoms. The van der Waals surface area contributed by atoms with Gasteiger partial charge < -0.3 is 25.0 Å². The highest BCUT2D eigenvalue weighted by Gasteiger charge is 2.20. The van der Waals surface area contributed by atoms with Gasteiger partial charge in [0.25, 0.3) is 0 Å². The molecule has 1 aromatic rings. The molecule has 154 valence electrons. The normalized spacial score (nSPS) is 14.5. The number of para-hydroxylation sites is 1. The molecule has 1 saturated carbocycles. The second kappa shape index (κ2) is 11.2. The van der Waals surface area contributed by atoms with Gasteiger partial charge in [-0.3, -0.25) is 4.79 Å². The molecule has 1 aromatic carbocycles. The van der Waals surface area contributed by atoms with Gasteiger partial charge in [-0.1, -0.05) is 18.2 Å². The zero-order valence-electron chi connectivity index (χ0n) is 17.2. The highest BCUT2D eigenvalue weighted by molar-refractivity contribution is 5.86. The molecule has 0 atom stereocenters. The number of guanidine groups is 1. The van der Waals surface area contributed by atoms with E-state index in [1.54, 1.807) is 27.3 Å². The Morgan fingerprint density at radius 1 is 1.32 bits per heavy atom. The van der Waals surface area contributed by atoms with Crippen molar-refractivity contribution in [3.8, 4) is 11.5 Å². The van der Waals surface area contributed by atoms with E-state index in [0.717, 1.165) is 29.9 Å². The number of carbonyl (C=O) groups excluding carboxylic acids is 1. The molecule has 28 heavy (non-hydrogen) atoms. The Balaban J connectivity index is 2.14. The van der Waals surface area contributed by atoms with Crippen molar-refractivity contribution in [1.82, 2.24) is 15.5 Å². The molecule has 0 heterocycles. The fraction of sp³-hybridized carbons (Fsp3) is 0.524. The highest BCUT2D eigenvalue weighted by atomic mass is 16.5. The van der Waals surface area contributed by atoms with Crippen molar-refractivity contribution in [2.24, 2.45) is 4.99 Å². The number of methoxy groups -OCH3 is 1. The maximum atomic E-state index is 11.9. The lowest BCUT2D eigenvalue weighted by Gasteiger charge is -2.19. The van der Waals surface area contributed by atoms with Gasteiger partial charge in [0.15, 0.2) is 17.5 Å². The molecule has 1 fully saturated rings. The summed E-state index contributed by atoms with van der Waals surface area (Å²) in [6, 6.07) is 5.83. The van der Waals surface area contributed by atoms with Crippen molar-refractivity contribution in [3.63, 3.8) is 0 Å². The van der Waals surface area contributed by atoms with Crippen LogP contribution in [-0.2, 0) is 11.3 Å². The molecule has 1 aliphatic carbocycles. The minimum absolute atomic E-state index is 0.0280. The van der Waals surface area contributed by atoms with Crippen LogP contribution in [-0.4, -0.2) is 57.2 Å². The van der Waals surface area contributed by atoms with Crippen LogP contribution in [0, 0.1) is 0 Å². The van der Waals surface area contributed by atoms with Crippen LogP contribution in [0.4, 0.5) is 0 Å². The van der Waals surface area contributed by atoms with Crippen molar-refractivity contribution in [2.45, 2.75) is 38.3 Å². The number of hydrogen-bond acceptors (Lipinski definition) is 4. The van der Waals surface area contributed by atoms with E-state index in [0.29, 0.717) is 19.0 Å². The quantitative estimate of drug-likeness (QED) is 0.386. The molecular weight excluding hydrogens is 356 g/mol. The molecule has 1 aliphatic rings. The van der Waals surface area contributed by atoms with Crippen LogP contribution in [0.3, 0.4) is 0 Å². The Bertz CT molecular complexity index is 682. The first-order chi connectivity index (χ1) is 13.5. The number of ether oxygens (including phenoxy) is 2. The number of nitrogens with zero attached hydrogens (tertiary/aromatic N) is 2. The Kier molecular flexibility index (Phi) is 8.65. The number of carbonyl (C=O) groups is 1. The van der Waals surface area contributed by atoms with E-state index in [1.165, 1.54) is 17.7 Å². The van der Waals surface area contributed by atoms with Crippen molar-refractivity contribution >= 4 is 11.9 Å². The lowest BCUT2D eigenvalue weighted by molar-refractivity contribution is -0.127. The van der Waals surface area contributed by atoms with Crippen LogP contribution in [0.5, 0.6) is 11.5 Å². The SMILES string of the molecule is C=CCNC(=NCc1cccc(OC)c1OC1CCCC1)NCC(=O)N(C)C. The molecule has 0 saturated heterocycles. The average molecular weight is 389 g/mol. The van der Waals surface area contributed by atoms with Crippen molar-refractivity contribution in [2.75, 3.05) is 34.3 Å². The van der Waals surface area contributed by atoms with Crippen molar-refractivity contribution < 1.29 is 14.3 Å². The smallest absolute Gasteiger partial charge is 0.241 e. The number of amides is 1. The van der Waals surface area contributed by atoms with Gasteiger partial charge in [-0.2, -0.15) is 0 Å². The fourth-order valence-electron chi connectivity index (χ4n) is 2.98. The summed E-state index contributed by atoms with van der Waals surface area (Å²) in [5.74, 6) is 1.99. The predicted molar refractivity (Wildman–Crippen MR) is 112 cm³/mol. The van der Waals surface area contributed by atoms with Gasteiger partial charge in [-0.25, -0.2) is 4.99 Å². The highest BCUT2D eigenvalue weighted by Crippen LogP contribution is 2.35. The van der Waals surface area contributed by atoms with Gasteiger partial charge in [0.1, 0.15) is 0 Å². The number of aliphatic imine (C=N–C) groups is 1. The van der Waals surface area contributed by atoms with Gasteiger partial charge >= 0.3 is 0 Å². The van der Waals surface area contributed by atoms with Gasteiger partial charge in [0.05, 0.1) is 26.3 Å². The summed E-state index contributed by atoms with van der Waals surface area (Å²) in [7, 11) is 5.09. The summed E-state index contributed by atoms with van der Waals surface area (Å²) in [6.45, 7) is 4.83. The standard InChI is InChI=1S/C21H32N4O3/c1-5-13-22-21(24-15-19(26)25(2)3)23-14-16-9-8-12-18(27-4)20(16)28-17-10-6-7-11-17/h5,8-9,12,17H,1,6-7,10-11,13-15H2,2-4H3,(H2,22,23,24). The lowest BCUT2D eigenvalue weighted by Crippen LogP contribution is -2.43. The number of nitrogens with one attached hydrogen (secondary N) is 2. The summed E-state index contributed by atoms with van der Waals surface area (Å²) in [5, 5.41) is 6.19. The second-order valence-electron chi connectivity index (χ2n) is 6.95. The van der Waals surface area contributed by atoms with E-state index in [4.69, 9.17) is 9.47 Å². The first-order valence-corrected chi connectivity index (χ1v) is 9.71. The van der Waals surface area contributed by atoms with Gasteiger partial charge in [0, 0.05) is 26.2 Å². The van der Waals surface area contributed by atoms with Crippen molar-refractivity contribution in [3.05, 3.63) is 36.4 Å². The topological polar surface area (TPSA) is 75.2 Å². The molecule has 2 rings (SSSR count). The predicted octanol–water partition coefficient (Wildman–Crippen LogP) is 2.33. The first-order valence-electron chi connectivity index (χ1n) is 9.71. The van der Waals surface area contributed by atoms with Crippen LogP contribution in [0.25, 0.3) is 0 Å². The van der Waals surface area contributed by atoms with Crippen LogP contribution in [0.2, 0.25) is 0 Å². The molecule has 0 radical (unpaired) electrons. The summed E-state index contributed by atoms with van der Waals surface area (Å²) < 4.78 is 11.8. The summed E-state index contributed by atoms with van der Waals surface area (Å²) >= 11 is 0. The third kappa shape index (κ3) is 6.48. The molecule has 0 bridgehead atoms. The minimum atomic E-state index is -0.0280. The van der Waals surface area contributed by atoms with E-state index < -0.39 is 0 Å². The zero-order valence-corrected chi connectivity index (χ0v) is 17.2. The number of likely N-dealkylation sites (N-methyl/N-ethyl adjacent to an activating group) is 1. The van der Waals surface area contributed by atoms with Crippen LogP contribution in [0.15, 0.2) is 35.8 Å². The maximum absolute atomic E-state index is 11.9. The number of hydrogen-bond donors (Lipinski definition) is 2. The van der Waals surface area contributed by atoms with Crippen LogP contribution < -0.4 is 20.1 Å².